The zero-order valence-electron chi connectivity index (χ0n) is 11.8. The van der Waals surface area contributed by atoms with E-state index in [1.165, 1.54) is 0 Å². The lowest BCUT2D eigenvalue weighted by atomic mass is 9.99. The molecular formula is C15H20F3NO. The van der Waals surface area contributed by atoms with Crippen LogP contribution in [-0.4, -0.2) is 18.8 Å². The second-order valence-electron chi connectivity index (χ2n) is 5.31. The van der Waals surface area contributed by atoms with E-state index < -0.39 is 18.6 Å². The third-order valence-electron chi connectivity index (χ3n) is 3.55. The van der Waals surface area contributed by atoms with Gasteiger partial charge in [-0.05, 0) is 30.5 Å². The molecule has 2 unspecified atom stereocenters. The molecule has 5 heteroatoms. The van der Waals surface area contributed by atoms with E-state index in [2.05, 4.69) is 5.32 Å². The maximum Gasteiger partial charge on any atom is 0.390 e. The Balaban J connectivity index is 2.04. The van der Waals surface area contributed by atoms with E-state index in [1.807, 2.05) is 25.1 Å². The highest BCUT2D eigenvalue weighted by atomic mass is 19.4. The van der Waals surface area contributed by atoms with Crippen molar-refractivity contribution in [2.45, 2.75) is 51.4 Å². The fourth-order valence-corrected chi connectivity index (χ4v) is 2.62. The Kier molecular flexibility index (Phi) is 4.58. The predicted octanol–water partition coefficient (Wildman–Crippen LogP) is 4.00. The van der Waals surface area contributed by atoms with Gasteiger partial charge in [-0.2, -0.15) is 13.2 Å². The molecule has 0 fully saturated rings. The van der Waals surface area contributed by atoms with Crippen molar-refractivity contribution in [2.75, 3.05) is 6.61 Å². The van der Waals surface area contributed by atoms with Crippen LogP contribution in [0.1, 0.15) is 43.9 Å². The largest absolute Gasteiger partial charge is 0.493 e. The van der Waals surface area contributed by atoms with Gasteiger partial charge in [0, 0.05) is 18.5 Å². The Bertz CT molecular complexity index is 459. The minimum atomic E-state index is -4.13. The van der Waals surface area contributed by atoms with Gasteiger partial charge in [-0.3, -0.25) is 0 Å². The molecule has 20 heavy (non-hydrogen) atoms. The van der Waals surface area contributed by atoms with Crippen LogP contribution in [0.3, 0.4) is 0 Å². The molecule has 0 aliphatic carbocycles. The summed E-state index contributed by atoms with van der Waals surface area (Å²) < 4.78 is 42.6. The van der Waals surface area contributed by atoms with Gasteiger partial charge in [-0.1, -0.05) is 19.1 Å². The third kappa shape index (κ3) is 3.88. The van der Waals surface area contributed by atoms with Crippen LogP contribution in [-0.2, 0) is 6.42 Å². The number of alkyl halides is 3. The average Bonchev–Trinajstić information content (AvgIpc) is 2.80. The second-order valence-corrected chi connectivity index (χ2v) is 5.31. The van der Waals surface area contributed by atoms with Crippen LogP contribution in [0, 0.1) is 0 Å². The number of halogens is 3. The summed E-state index contributed by atoms with van der Waals surface area (Å²) in [5.41, 5.74) is 2.18. The van der Waals surface area contributed by atoms with Gasteiger partial charge >= 0.3 is 6.18 Å². The summed E-state index contributed by atoms with van der Waals surface area (Å²) in [5.74, 6) is 0.895. The van der Waals surface area contributed by atoms with Crippen LogP contribution >= 0.6 is 0 Å². The maximum absolute atomic E-state index is 12.4. The van der Waals surface area contributed by atoms with Crippen LogP contribution in [0.25, 0.3) is 0 Å². The van der Waals surface area contributed by atoms with E-state index in [0.29, 0.717) is 6.61 Å². The minimum Gasteiger partial charge on any atom is -0.493 e. The Morgan fingerprint density at radius 2 is 2.10 bits per heavy atom. The highest BCUT2D eigenvalue weighted by molar-refractivity contribution is 5.40. The van der Waals surface area contributed by atoms with Crippen molar-refractivity contribution in [2.24, 2.45) is 0 Å². The van der Waals surface area contributed by atoms with Crippen LogP contribution in [0.15, 0.2) is 18.2 Å². The van der Waals surface area contributed by atoms with Gasteiger partial charge in [0.15, 0.2) is 0 Å². The first-order valence-electron chi connectivity index (χ1n) is 6.97. The summed E-state index contributed by atoms with van der Waals surface area (Å²) >= 11 is 0. The quantitative estimate of drug-likeness (QED) is 0.883. The van der Waals surface area contributed by atoms with Crippen LogP contribution in [0.2, 0.25) is 0 Å². The molecule has 1 aromatic rings. The SMILES string of the molecule is CCC(NC(C)CC(F)(F)F)c1ccc2c(c1)CCO2. The van der Waals surface area contributed by atoms with Crippen LogP contribution < -0.4 is 10.1 Å². The molecule has 0 saturated heterocycles. The molecule has 0 spiro atoms. The Morgan fingerprint density at radius 3 is 2.75 bits per heavy atom. The molecule has 1 aliphatic heterocycles. The van der Waals surface area contributed by atoms with E-state index >= 15 is 0 Å². The predicted molar refractivity (Wildman–Crippen MR) is 71.9 cm³/mol. The van der Waals surface area contributed by atoms with Gasteiger partial charge in [-0.15, -0.1) is 0 Å². The fourth-order valence-electron chi connectivity index (χ4n) is 2.62. The Hall–Kier alpha value is -1.23. The van der Waals surface area contributed by atoms with Gasteiger partial charge in [0.05, 0.1) is 13.0 Å². The summed E-state index contributed by atoms with van der Waals surface area (Å²) in [6.45, 7) is 4.24. The lowest BCUT2D eigenvalue weighted by Crippen LogP contribution is -2.34. The van der Waals surface area contributed by atoms with Crippen molar-refractivity contribution in [1.82, 2.24) is 5.32 Å². The van der Waals surface area contributed by atoms with Crippen molar-refractivity contribution in [1.29, 1.82) is 0 Å². The van der Waals surface area contributed by atoms with E-state index in [9.17, 15) is 13.2 Å². The van der Waals surface area contributed by atoms with Gasteiger partial charge in [0.25, 0.3) is 0 Å². The molecule has 112 valence electrons. The van der Waals surface area contributed by atoms with Crippen molar-refractivity contribution in [3.63, 3.8) is 0 Å². The average molecular weight is 287 g/mol. The molecule has 1 heterocycles. The maximum atomic E-state index is 12.4. The number of ether oxygens (including phenoxy) is 1. The molecule has 1 N–H and O–H groups in total. The monoisotopic (exact) mass is 287 g/mol. The number of hydrogen-bond acceptors (Lipinski definition) is 2. The van der Waals surface area contributed by atoms with Crippen molar-refractivity contribution in [3.8, 4) is 5.75 Å². The molecule has 2 atom stereocenters. The first-order chi connectivity index (χ1) is 9.39. The van der Waals surface area contributed by atoms with Crippen molar-refractivity contribution < 1.29 is 17.9 Å². The number of hydrogen-bond donors (Lipinski definition) is 1. The number of fused-ring (bicyclic) bond motifs is 1. The summed E-state index contributed by atoms with van der Waals surface area (Å²) in [6.07, 6.45) is -3.31. The fraction of sp³-hybridized carbons (Fsp3) is 0.600. The second kappa shape index (κ2) is 6.04. The zero-order chi connectivity index (χ0) is 14.8. The summed E-state index contributed by atoms with van der Waals surface area (Å²) in [4.78, 5) is 0. The topological polar surface area (TPSA) is 21.3 Å². The lowest BCUT2D eigenvalue weighted by molar-refractivity contribution is -0.139. The first-order valence-corrected chi connectivity index (χ1v) is 6.97. The standard InChI is InChI=1S/C15H20F3NO/c1-3-13(19-10(2)9-15(16,17)18)11-4-5-14-12(8-11)6-7-20-14/h4-5,8,10,13,19H,3,6-7,9H2,1-2H3. The summed E-state index contributed by atoms with van der Waals surface area (Å²) in [5, 5.41) is 3.07. The van der Waals surface area contributed by atoms with Crippen molar-refractivity contribution >= 4 is 0 Å². The minimum absolute atomic E-state index is 0.0572. The summed E-state index contributed by atoms with van der Waals surface area (Å²) in [7, 11) is 0. The molecule has 0 radical (unpaired) electrons. The molecule has 0 amide bonds. The molecule has 1 aromatic carbocycles. The van der Waals surface area contributed by atoms with Gasteiger partial charge < -0.3 is 10.1 Å². The third-order valence-corrected chi connectivity index (χ3v) is 3.55. The normalized spacial score (nSPS) is 17.4. The molecule has 0 bridgehead atoms. The van der Waals surface area contributed by atoms with E-state index in [1.54, 1.807) is 6.92 Å². The van der Waals surface area contributed by atoms with Crippen molar-refractivity contribution in [3.05, 3.63) is 29.3 Å². The van der Waals surface area contributed by atoms with Crippen LogP contribution in [0.5, 0.6) is 5.75 Å². The van der Waals surface area contributed by atoms with Gasteiger partial charge in [0.2, 0.25) is 0 Å². The Morgan fingerprint density at radius 1 is 1.35 bits per heavy atom. The van der Waals surface area contributed by atoms with E-state index in [4.69, 9.17) is 4.74 Å². The Labute approximate surface area is 117 Å². The molecule has 2 rings (SSSR count). The van der Waals surface area contributed by atoms with Gasteiger partial charge in [0.1, 0.15) is 5.75 Å². The van der Waals surface area contributed by atoms with E-state index in [0.717, 1.165) is 29.7 Å². The highest BCUT2D eigenvalue weighted by Gasteiger charge is 2.30. The smallest absolute Gasteiger partial charge is 0.390 e. The molecular weight excluding hydrogens is 267 g/mol. The molecule has 0 saturated carbocycles. The molecule has 0 aromatic heterocycles. The first kappa shape index (κ1) is 15.2. The highest BCUT2D eigenvalue weighted by Crippen LogP contribution is 2.30. The number of benzene rings is 1. The van der Waals surface area contributed by atoms with Crippen LogP contribution in [0.4, 0.5) is 13.2 Å². The van der Waals surface area contributed by atoms with Gasteiger partial charge in [-0.25, -0.2) is 0 Å². The summed E-state index contributed by atoms with van der Waals surface area (Å²) in [6, 6.07) is 5.24. The lowest BCUT2D eigenvalue weighted by Gasteiger charge is -2.24. The molecule has 1 aliphatic rings. The zero-order valence-corrected chi connectivity index (χ0v) is 11.8. The van der Waals surface area contributed by atoms with E-state index in [-0.39, 0.29) is 6.04 Å². The molecule has 2 nitrogen and oxygen atoms in total. The number of nitrogens with one attached hydrogen (secondary N) is 1. The number of rotatable bonds is 5.